The summed E-state index contributed by atoms with van der Waals surface area (Å²) in [5.41, 5.74) is 4.33. The molecule has 2 amide bonds. The van der Waals surface area contributed by atoms with Gasteiger partial charge in [0.05, 0.1) is 36.8 Å². The van der Waals surface area contributed by atoms with Crippen molar-refractivity contribution in [2.45, 2.75) is 25.9 Å². The molecule has 4 saturated heterocycles. The number of nitrogens with one attached hydrogen (secondary N) is 2. The van der Waals surface area contributed by atoms with Crippen LogP contribution in [0.5, 0.6) is 11.8 Å². The molecule has 4 aliphatic rings. The second-order valence-electron chi connectivity index (χ2n) is 14.1. The second-order valence-corrected chi connectivity index (χ2v) is 14.5. The van der Waals surface area contributed by atoms with Gasteiger partial charge in [0.1, 0.15) is 11.5 Å². The first-order valence-electron chi connectivity index (χ1n) is 16.7. The van der Waals surface area contributed by atoms with Gasteiger partial charge in [0.25, 0.3) is 0 Å². The Labute approximate surface area is 294 Å². The third kappa shape index (κ3) is 5.84. The van der Waals surface area contributed by atoms with Gasteiger partial charge in [-0.05, 0) is 12.1 Å². The zero-order valence-electron chi connectivity index (χ0n) is 27.9. The van der Waals surface area contributed by atoms with Gasteiger partial charge in [-0.25, -0.2) is 14.4 Å². The number of rotatable bonds is 9. The summed E-state index contributed by atoms with van der Waals surface area (Å²) < 4.78 is 27.7. The van der Waals surface area contributed by atoms with Crippen molar-refractivity contribution < 1.29 is 23.5 Å². The van der Waals surface area contributed by atoms with Crippen LogP contribution in [-0.2, 0) is 22.7 Å². The number of benzene rings is 2. The van der Waals surface area contributed by atoms with Crippen LogP contribution in [0, 0.1) is 16.6 Å². The molecule has 50 heavy (non-hydrogen) atoms. The van der Waals surface area contributed by atoms with Crippen molar-refractivity contribution >= 4 is 23.4 Å². The fourth-order valence-corrected chi connectivity index (χ4v) is 8.35. The first-order chi connectivity index (χ1) is 24.2. The number of halogens is 2. The average Bonchev–Trinajstić information content (AvgIpc) is 3.68. The number of hydrogen-bond donors (Lipinski definition) is 2. The Hall–Kier alpha value is -4.65. The molecular weight excluding hydrogens is 661 g/mol. The molecule has 4 fully saturated rings. The van der Waals surface area contributed by atoms with Crippen molar-refractivity contribution in [1.82, 2.24) is 35.4 Å². The predicted octanol–water partition coefficient (Wildman–Crippen LogP) is 4.33. The minimum atomic E-state index is -0.456. The molecule has 6 heterocycles. The molecule has 0 saturated carbocycles. The molecular formula is C37H37ClFN7O4. The molecule has 4 aromatic rings. The summed E-state index contributed by atoms with van der Waals surface area (Å²) in [6.45, 7) is 5.89. The lowest BCUT2D eigenvalue weighted by Crippen LogP contribution is -2.56. The Morgan fingerprint density at radius 2 is 1.34 bits per heavy atom. The molecule has 11 nitrogen and oxygen atoms in total. The fourth-order valence-electron chi connectivity index (χ4n) is 8.02. The topological polar surface area (TPSA) is 122 Å². The largest absolute Gasteiger partial charge is 0.481 e. The SMILES string of the molecule is COc1nc(-c2cccc(-c3cccc(-c4cnc(CN5CC6(CNC(=O)C6)C5)c(OC)n4)c3Cl)c2F)ccc1CN1CC2(CNC(=O)C2)C1. The third-order valence-electron chi connectivity index (χ3n) is 10.4. The number of pyridine rings is 1. The zero-order valence-corrected chi connectivity index (χ0v) is 28.6. The highest BCUT2D eigenvalue weighted by molar-refractivity contribution is 6.36. The van der Waals surface area contributed by atoms with Gasteiger partial charge in [0.15, 0.2) is 0 Å². The lowest BCUT2D eigenvalue weighted by atomic mass is 9.79. The summed E-state index contributed by atoms with van der Waals surface area (Å²) in [6, 6.07) is 14.3. The lowest BCUT2D eigenvalue weighted by molar-refractivity contribution is -0.121. The Kier molecular flexibility index (Phi) is 8.20. The Morgan fingerprint density at radius 3 is 1.96 bits per heavy atom. The molecule has 2 aromatic heterocycles. The van der Waals surface area contributed by atoms with Crippen molar-refractivity contribution in [3.05, 3.63) is 76.8 Å². The molecule has 2 spiro atoms. The number of hydrogen-bond acceptors (Lipinski definition) is 9. The maximum absolute atomic E-state index is 16.4. The molecule has 2 aromatic carbocycles. The summed E-state index contributed by atoms with van der Waals surface area (Å²) in [4.78, 5) is 42.1. The molecule has 0 aliphatic carbocycles. The summed E-state index contributed by atoms with van der Waals surface area (Å²) in [5.74, 6) is 0.591. The normalized spacial score (nSPS) is 19.3. The number of nitrogens with zero attached hydrogens (tertiary/aromatic N) is 5. The first-order valence-corrected chi connectivity index (χ1v) is 17.0. The third-order valence-corrected chi connectivity index (χ3v) is 10.8. The van der Waals surface area contributed by atoms with E-state index in [1.807, 2.05) is 24.3 Å². The van der Waals surface area contributed by atoms with Crippen LogP contribution in [0.3, 0.4) is 0 Å². The highest BCUT2D eigenvalue weighted by atomic mass is 35.5. The number of amides is 2. The number of likely N-dealkylation sites (tertiary alicyclic amines) is 2. The highest BCUT2D eigenvalue weighted by Crippen LogP contribution is 2.42. The van der Waals surface area contributed by atoms with E-state index in [9.17, 15) is 9.59 Å². The first kappa shape index (κ1) is 32.5. The highest BCUT2D eigenvalue weighted by Gasteiger charge is 2.49. The van der Waals surface area contributed by atoms with Crippen LogP contribution in [-0.4, -0.2) is 90.1 Å². The molecule has 0 radical (unpaired) electrons. The van der Waals surface area contributed by atoms with Crippen molar-refractivity contribution in [3.63, 3.8) is 0 Å². The Bertz CT molecular complexity index is 1870. The van der Waals surface area contributed by atoms with Gasteiger partial charge in [-0.1, -0.05) is 48.0 Å². The number of methoxy groups -OCH3 is 2. The lowest BCUT2D eigenvalue weighted by Gasteiger charge is -2.47. The van der Waals surface area contributed by atoms with E-state index in [0.717, 1.165) is 38.3 Å². The van der Waals surface area contributed by atoms with Crippen LogP contribution >= 0.6 is 11.6 Å². The van der Waals surface area contributed by atoms with E-state index in [4.69, 9.17) is 31.0 Å². The summed E-state index contributed by atoms with van der Waals surface area (Å²) in [6.07, 6.45) is 2.79. The van der Waals surface area contributed by atoms with E-state index >= 15 is 4.39 Å². The second kappa shape index (κ2) is 12.6. The van der Waals surface area contributed by atoms with Crippen molar-refractivity contribution in [1.29, 1.82) is 0 Å². The van der Waals surface area contributed by atoms with Gasteiger partial charge in [-0.3, -0.25) is 24.4 Å². The Morgan fingerprint density at radius 1 is 0.760 bits per heavy atom. The van der Waals surface area contributed by atoms with E-state index in [1.54, 1.807) is 44.7 Å². The number of carbonyl (C=O) groups excluding carboxylic acids is 2. The molecule has 2 N–H and O–H groups in total. The minimum Gasteiger partial charge on any atom is -0.481 e. The fraction of sp³-hybridized carbons (Fsp3) is 0.378. The van der Waals surface area contributed by atoms with Gasteiger partial charge in [0.2, 0.25) is 23.6 Å². The molecule has 0 atom stereocenters. The van der Waals surface area contributed by atoms with E-state index in [0.29, 0.717) is 88.6 Å². The van der Waals surface area contributed by atoms with E-state index in [-0.39, 0.29) is 22.6 Å². The molecule has 8 rings (SSSR count). The van der Waals surface area contributed by atoms with Crippen molar-refractivity contribution in [3.8, 4) is 45.4 Å². The van der Waals surface area contributed by atoms with E-state index in [1.165, 1.54) is 0 Å². The smallest absolute Gasteiger partial charge is 0.237 e. The average molecular weight is 698 g/mol. The molecule has 0 bridgehead atoms. The number of aromatic nitrogens is 3. The van der Waals surface area contributed by atoms with E-state index in [2.05, 4.69) is 25.4 Å². The maximum Gasteiger partial charge on any atom is 0.237 e. The van der Waals surface area contributed by atoms with Gasteiger partial charge in [-0.15, -0.1) is 0 Å². The summed E-state index contributed by atoms with van der Waals surface area (Å²) in [5, 5.41) is 6.20. The number of carbonyl (C=O) groups is 2. The summed E-state index contributed by atoms with van der Waals surface area (Å²) >= 11 is 6.99. The standard InChI is InChI=1S/C37H37ClFN7O4/c1-49-34-22(14-45-18-36(19-45)11-30(47)41-16-36)9-10-27(43-34)26-8-4-6-24(33(26)39)23-5-3-7-25(32(23)38)28-13-40-29(35(44-28)50-2)15-46-20-37(21-46)12-31(48)42-17-37/h3-10,13H,11-12,14-21H2,1-2H3,(H,41,47)(H,42,48). The van der Waals surface area contributed by atoms with Crippen LogP contribution in [0.4, 0.5) is 4.39 Å². The monoisotopic (exact) mass is 697 g/mol. The zero-order chi connectivity index (χ0) is 34.6. The van der Waals surface area contributed by atoms with Crippen molar-refractivity contribution in [2.75, 3.05) is 53.5 Å². The summed E-state index contributed by atoms with van der Waals surface area (Å²) in [7, 11) is 3.12. The van der Waals surface area contributed by atoms with E-state index < -0.39 is 5.82 Å². The van der Waals surface area contributed by atoms with Crippen LogP contribution in [0.2, 0.25) is 5.02 Å². The van der Waals surface area contributed by atoms with Crippen LogP contribution in [0.1, 0.15) is 24.1 Å². The van der Waals surface area contributed by atoms with Crippen molar-refractivity contribution in [2.24, 2.45) is 10.8 Å². The van der Waals surface area contributed by atoms with Gasteiger partial charge >= 0.3 is 0 Å². The maximum atomic E-state index is 16.4. The quantitative estimate of drug-likeness (QED) is 0.263. The van der Waals surface area contributed by atoms with Crippen LogP contribution in [0.25, 0.3) is 33.6 Å². The van der Waals surface area contributed by atoms with Gasteiger partial charge < -0.3 is 20.1 Å². The van der Waals surface area contributed by atoms with Gasteiger partial charge in [0, 0.05) is 104 Å². The Balaban J connectivity index is 1.01. The number of ether oxygens (including phenoxy) is 2. The van der Waals surface area contributed by atoms with Gasteiger partial charge in [-0.2, -0.15) is 0 Å². The molecule has 13 heteroatoms. The molecule has 0 unspecified atom stereocenters. The van der Waals surface area contributed by atoms with Crippen LogP contribution in [0.15, 0.2) is 54.7 Å². The predicted molar refractivity (Wildman–Crippen MR) is 185 cm³/mol. The molecule has 258 valence electrons. The molecule has 4 aliphatic heterocycles. The van der Waals surface area contributed by atoms with Crippen LogP contribution < -0.4 is 20.1 Å². The minimum absolute atomic E-state index is 0.0129.